The minimum atomic E-state index is -3.54. The molecule has 8 atom stereocenters. The van der Waals surface area contributed by atoms with E-state index in [1.807, 2.05) is 25.1 Å². The molecular weight excluding hydrogens is 683 g/mol. The third-order valence-corrected chi connectivity index (χ3v) is 19.2. The number of amides is 2. The number of carbonyl (C=O) groups excluding carboxylic acids is 2. The van der Waals surface area contributed by atoms with E-state index in [0.717, 1.165) is 64.5 Å². The van der Waals surface area contributed by atoms with Gasteiger partial charge in [-0.1, -0.05) is 91.8 Å². The zero-order chi connectivity index (χ0) is 36.1. The molecule has 3 heterocycles. The van der Waals surface area contributed by atoms with Crippen molar-refractivity contribution in [1.29, 1.82) is 0 Å². The number of nitrogens with zero attached hydrogens (tertiary/aromatic N) is 3. The summed E-state index contributed by atoms with van der Waals surface area (Å²) >= 11 is 0. The van der Waals surface area contributed by atoms with Crippen LogP contribution in [-0.4, -0.2) is 78.8 Å². The minimum Gasteiger partial charge on any atom is -0.298 e. The van der Waals surface area contributed by atoms with E-state index in [9.17, 15) is 26.4 Å². The van der Waals surface area contributed by atoms with Gasteiger partial charge in [0.25, 0.3) is 5.91 Å². The summed E-state index contributed by atoms with van der Waals surface area (Å²) in [5.74, 6) is 0.934. The Labute approximate surface area is 307 Å². The van der Waals surface area contributed by atoms with Crippen LogP contribution in [0.1, 0.15) is 106 Å². The summed E-state index contributed by atoms with van der Waals surface area (Å²) < 4.78 is 54.3. The Morgan fingerprint density at radius 2 is 1.33 bits per heavy atom. The van der Waals surface area contributed by atoms with Crippen LogP contribution in [0.4, 0.5) is 0 Å². The fourth-order valence-electron chi connectivity index (χ4n) is 12.2. The summed E-state index contributed by atoms with van der Waals surface area (Å²) in [6, 6.07) is 10.1. The quantitative estimate of drug-likeness (QED) is 0.307. The molecule has 3 saturated heterocycles. The molecule has 1 aromatic rings. The number of fused-ring (bicyclic) bond motifs is 2. The Morgan fingerprint density at radius 3 is 1.84 bits per heavy atom. The normalized spacial score (nSPS) is 38.7. The van der Waals surface area contributed by atoms with Gasteiger partial charge in [0, 0.05) is 36.5 Å². The highest BCUT2D eigenvalue weighted by atomic mass is 32.2. The molecule has 3 aliphatic heterocycles. The first-order valence-electron chi connectivity index (χ1n) is 19.0. The monoisotopic (exact) mass is 743 g/mol. The van der Waals surface area contributed by atoms with Crippen LogP contribution >= 0.6 is 0 Å². The van der Waals surface area contributed by atoms with Crippen LogP contribution in [0.25, 0.3) is 0 Å². The van der Waals surface area contributed by atoms with E-state index in [1.54, 1.807) is 6.08 Å². The number of hydrogen-bond acceptors (Lipinski definition) is 7. The lowest BCUT2D eigenvalue weighted by molar-refractivity contribution is -0.134. The van der Waals surface area contributed by atoms with Crippen LogP contribution in [0.3, 0.4) is 0 Å². The van der Waals surface area contributed by atoms with Crippen molar-refractivity contribution in [3.8, 4) is 0 Å². The first kappa shape index (κ1) is 38.5. The molecule has 2 unspecified atom stereocenters. The summed E-state index contributed by atoms with van der Waals surface area (Å²) in [4.78, 5) is 28.4. The molecule has 2 spiro atoms. The van der Waals surface area contributed by atoms with Gasteiger partial charge in [0.05, 0.1) is 29.5 Å². The molecule has 1 aromatic carbocycles. The molecule has 8 rings (SSSR count). The highest BCUT2D eigenvalue weighted by Gasteiger charge is 2.73. The van der Waals surface area contributed by atoms with E-state index in [1.165, 1.54) is 20.2 Å². The molecule has 11 heteroatoms. The lowest BCUT2D eigenvalue weighted by Crippen LogP contribution is -2.47. The molecular formula is C40H61N3O6S2. The van der Waals surface area contributed by atoms with E-state index in [0.29, 0.717) is 18.4 Å². The molecule has 4 aliphatic carbocycles. The average Bonchev–Trinajstić information content (AvgIpc) is 3.84. The molecule has 284 valence electrons. The van der Waals surface area contributed by atoms with E-state index >= 15 is 0 Å². The first-order valence-corrected chi connectivity index (χ1v) is 22.2. The third kappa shape index (κ3) is 5.59. The minimum absolute atomic E-state index is 0. The average molecular weight is 744 g/mol. The van der Waals surface area contributed by atoms with E-state index < -0.39 is 20.0 Å². The summed E-state index contributed by atoms with van der Waals surface area (Å²) in [6.07, 6.45) is 10.6. The van der Waals surface area contributed by atoms with Gasteiger partial charge in [-0.05, 0) is 79.1 Å². The van der Waals surface area contributed by atoms with Gasteiger partial charge in [0.1, 0.15) is 0 Å². The molecule has 4 bridgehead atoms. The van der Waals surface area contributed by atoms with Gasteiger partial charge < -0.3 is 0 Å². The summed E-state index contributed by atoms with van der Waals surface area (Å²) in [7, 11) is -7.00. The predicted molar refractivity (Wildman–Crippen MR) is 201 cm³/mol. The molecule has 0 N–H and O–H groups in total. The first-order chi connectivity index (χ1) is 23.5. The van der Waals surface area contributed by atoms with Crippen LogP contribution in [0.5, 0.6) is 0 Å². The number of likely N-dealkylation sites (tertiary alicyclic amines) is 1. The summed E-state index contributed by atoms with van der Waals surface area (Å²) in [5, 5.41) is 0. The fourth-order valence-corrected chi connectivity index (χ4v) is 17.3. The number of hydrogen-bond donors (Lipinski definition) is 0. The second kappa shape index (κ2) is 13.0. The number of benzene rings is 1. The van der Waals surface area contributed by atoms with E-state index in [4.69, 9.17) is 0 Å². The van der Waals surface area contributed by atoms with E-state index in [2.05, 4.69) is 51.7 Å². The predicted octanol–water partition coefficient (Wildman–Crippen LogP) is 6.47. The third-order valence-electron chi connectivity index (χ3n) is 15.4. The maximum atomic E-state index is 13.8. The fraction of sp³-hybridized carbons (Fsp3) is 0.750. The Morgan fingerprint density at radius 1 is 0.804 bits per heavy atom. The Balaban J connectivity index is 0.000000186. The molecule has 51 heavy (non-hydrogen) atoms. The largest absolute Gasteiger partial charge is 0.298 e. The number of rotatable bonds is 6. The van der Waals surface area contributed by atoms with Crippen molar-refractivity contribution in [3.63, 3.8) is 0 Å². The number of sulfonamides is 2. The molecule has 9 nitrogen and oxygen atoms in total. The summed E-state index contributed by atoms with van der Waals surface area (Å²) in [6.45, 7) is 15.2. The topological polar surface area (TPSA) is 112 Å². The van der Waals surface area contributed by atoms with Crippen molar-refractivity contribution in [2.45, 2.75) is 119 Å². The second-order valence-electron chi connectivity index (χ2n) is 17.8. The lowest BCUT2D eigenvalue weighted by Gasteiger charge is -2.37. The molecule has 7 aliphatic rings. The molecule has 7 fully saturated rings. The Hall–Kier alpha value is -2.24. The van der Waals surface area contributed by atoms with Crippen molar-refractivity contribution < 1.29 is 26.4 Å². The maximum Gasteiger partial charge on any atom is 0.259 e. The van der Waals surface area contributed by atoms with Gasteiger partial charge in [0.15, 0.2) is 0 Å². The standard InChI is InChI=1S/C24H34N2O3S.C15H23NO3S.CH4/c1-4-18-14-25(13-17-8-6-5-7-9-17)15-20(18)22(27)26-21-12-19-10-11-24(21,23(19,2)3)16-30(26,28)29;1-4-5-6-13(17)16-12-9-11-7-8-15(12,14(11,2)3)10-20(16,18)19;/h5-9,18-21H,4,10-16H2,1-3H3;5-6,11-12H,4,7-10H2,1-3H3;1H4/b;6-5-;/t18-,19?,20+,21+,24+;11?,12-,15-;/m10./s1. The van der Waals surface area contributed by atoms with Gasteiger partial charge in [0.2, 0.25) is 26.0 Å². The van der Waals surface area contributed by atoms with Gasteiger partial charge in [-0.25, -0.2) is 25.4 Å². The molecule has 2 amide bonds. The second-order valence-corrected chi connectivity index (χ2v) is 21.5. The lowest BCUT2D eigenvalue weighted by atomic mass is 9.69. The maximum absolute atomic E-state index is 13.8. The number of allylic oxidation sites excluding steroid dienone is 1. The van der Waals surface area contributed by atoms with Crippen LogP contribution in [-0.2, 0) is 36.2 Å². The molecule has 0 radical (unpaired) electrons. The van der Waals surface area contributed by atoms with Gasteiger partial charge in [-0.2, -0.15) is 0 Å². The van der Waals surface area contributed by atoms with Crippen LogP contribution in [0.2, 0.25) is 0 Å². The zero-order valence-electron chi connectivity index (χ0n) is 30.8. The van der Waals surface area contributed by atoms with Crippen molar-refractivity contribution in [2.24, 2.45) is 45.3 Å². The van der Waals surface area contributed by atoms with Gasteiger partial charge >= 0.3 is 0 Å². The molecule has 0 aromatic heterocycles. The smallest absolute Gasteiger partial charge is 0.259 e. The molecule has 4 saturated carbocycles. The zero-order valence-corrected chi connectivity index (χ0v) is 32.4. The SMILES string of the molecule is C.CC/C=C\C(=O)N1[C@H]2CC3CC[C@@]2(CS1(=O)=O)C3(C)C.CC[C@@H]1CN(Cc2ccccc2)C[C@@H]1C(=O)N1[C@H]2CC3CC[C@@]2(CS1(=O)=O)C3(C)C. The van der Waals surface area contributed by atoms with Crippen molar-refractivity contribution in [1.82, 2.24) is 13.5 Å². The van der Waals surface area contributed by atoms with Crippen LogP contribution in [0, 0.1) is 45.3 Å². The Kier molecular flexibility index (Phi) is 9.78. The highest BCUT2D eigenvalue weighted by molar-refractivity contribution is 7.90. The van der Waals surface area contributed by atoms with Crippen molar-refractivity contribution >= 4 is 31.9 Å². The van der Waals surface area contributed by atoms with Crippen LogP contribution in [0.15, 0.2) is 42.5 Å². The van der Waals surface area contributed by atoms with Crippen molar-refractivity contribution in [3.05, 3.63) is 48.0 Å². The van der Waals surface area contributed by atoms with Crippen molar-refractivity contribution in [2.75, 3.05) is 24.6 Å². The number of carbonyl (C=O) groups is 2. The summed E-state index contributed by atoms with van der Waals surface area (Å²) in [5.41, 5.74) is 0.804. The van der Waals surface area contributed by atoms with Gasteiger partial charge in [-0.3, -0.25) is 14.5 Å². The van der Waals surface area contributed by atoms with Gasteiger partial charge in [-0.15, -0.1) is 0 Å². The highest BCUT2D eigenvalue weighted by Crippen LogP contribution is 2.71. The van der Waals surface area contributed by atoms with E-state index in [-0.39, 0.29) is 76.3 Å². The Bertz CT molecular complexity index is 1780. The van der Waals surface area contributed by atoms with Crippen LogP contribution < -0.4 is 0 Å².